The summed E-state index contributed by atoms with van der Waals surface area (Å²) >= 11 is 7.69. The third-order valence-corrected chi connectivity index (χ3v) is 7.99. The Hall–Kier alpha value is -2.53. The largest absolute Gasteiger partial charge is 0.400 e. The van der Waals surface area contributed by atoms with Gasteiger partial charge in [0.15, 0.2) is 22.4 Å². The van der Waals surface area contributed by atoms with Crippen molar-refractivity contribution >= 4 is 50.5 Å². The molecule has 2 aromatic heterocycles. The van der Waals surface area contributed by atoms with E-state index < -0.39 is 0 Å². The third kappa shape index (κ3) is 6.23. The quantitative estimate of drug-likeness (QED) is 0.308. The number of anilines is 1. The number of carbonyl (C=O) groups is 2. The van der Waals surface area contributed by atoms with Gasteiger partial charge in [-0.15, -0.1) is 0 Å². The molecule has 3 heterocycles. The second-order valence-electron chi connectivity index (χ2n) is 8.62. The smallest absolute Gasteiger partial charge is 0.287 e. The molecule has 1 aliphatic rings. The van der Waals surface area contributed by atoms with E-state index in [1.807, 2.05) is 25.1 Å². The highest BCUT2D eigenvalue weighted by Crippen LogP contribution is 2.32. The minimum Gasteiger partial charge on any atom is -0.400 e. The molecule has 9 nitrogen and oxygen atoms in total. The van der Waals surface area contributed by atoms with E-state index in [0.29, 0.717) is 29.7 Å². The number of fused-ring (bicyclic) bond motifs is 1. The molecule has 11 heteroatoms. The average Bonchev–Trinajstić information content (AvgIpc) is 3.52. The highest BCUT2D eigenvalue weighted by molar-refractivity contribution is 7.22. The summed E-state index contributed by atoms with van der Waals surface area (Å²) in [5, 5.41) is 15.2. The van der Waals surface area contributed by atoms with Gasteiger partial charge >= 0.3 is 0 Å². The van der Waals surface area contributed by atoms with Crippen molar-refractivity contribution in [1.29, 1.82) is 0 Å². The molecule has 0 spiro atoms. The van der Waals surface area contributed by atoms with Crippen molar-refractivity contribution in [3.63, 3.8) is 0 Å². The second-order valence-corrected chi connectivity index (χ2v) is 9.95. The van der Waals surface area contributed by atoms with E-state index >= 15 is 0 Å². The molecule has 1 fully saturated rings. The van der Waals surface area contributed by atoms with Crippen molar-refractivity contribution < 1.29 is 14.7 Å². The molecule has 196 valence electrons. The van der Waals surface area contributed by atoms with Crippen LogP contribution >= 0.6 is 22.9 Å². The molecule has 0 saturated carbocycles. The SMILES string of the molecule is CCc1[nH]c(C(=O)N[C@@H]2CCN(c3nc4cccc(C=O)c4s3)C[C@@H]2NC(CC)CC)nc1Cl.CO. The lowest BCUT2D eigenvalue weighted by Crippen LogP contribution is -2.61. The molecule has 0 aliphatic carbocycles. The van der Waals surface area contributed by atoms with Gasteiger partial charge < -0.3 is 25.6 Å². The van der Waals surface area contributed by atoms with Crippen LogP contribution in [0.15, 0.2) is 18.2 Å². The third-order valence-electron chi connectivity index (χ3n) is 6.49. The molecule has 4 N–H and O–H groups in total. The van der Waals surface area contributed by atoms with Crippen LogP contribution in [0.3, 0.4) is 0 Å². The van der Waals surface area contributed by atoms with Crippen LogP contribution in [0.2, 0.25) is 5.15 Å². The number of halogens is 1. The van der Waals surface area contributed by atoms with Crippen LogP contribution in [-0.4, -0.2) is 70.6 Å². The molecular formula is C25H35ClN6O3S. The number of amides is 1. The van der Waals surface area contributed by atoms with E-state index in [2.05, 4.69) is 39.3 Å². The zero-order valence-corrected chi connectivity index (χ0v) is 22.7. The number of benzene rings is 1. The number of thiazole rings is 1. The number of aromatic amines is 1. The van der Waals surface area contributed by atoms with Gasteiger partial charge in [0.1, 0.15) is 0 Å². The lowest BCUT2D eigenvalue weighted by atomic mass is 9.97. The summed E-state index contributed by atoms with van der Waals surface area (Å²) in [6, 6.07) is 5.95. The monoisotopic (exact) mass is 534 g/mol. The molecule has 0 radical (unpaired) electrons. The number of carbonyl (C=O) groups excluding carboxylic acids is 2. The molecule has 4 rings (SSSR count). The lowest BCUT2D eigenvalue weighted by molar-refractivity contribution is 0.0908. The molecule has 1 saturated heterocycles. The van der Waals surface area contributed by atoms with Gasteiger partial charge in [-0.05, 0) is 31.7 Å². The van der Waals surface area contributed by atoms with Gasteiger partial charge in [-0.2, -0.15) is 0 Å². The number of rotatable bonds is 9. The van der Waals surface area contributed by atoms with Gasteiger partial charge in [-0.1, -0.05) is 55.8 Å². The topological polar surface area (TPSA) is 123 Å². The Bertz CT molecular complexity index is 1160. The normalized spacial score (nSPS) is 17.7. The zero-order valence-electron chi connectivity index (χ0n) is 21.2. The summed E-state index contributed by atoms with van der Waals surface area (Å²) < 4.78 is 0.911. The molecule has 0 unspecified atom stereocenters. The van der Waals surface area contributed by atoms with E-state index in [1.165, 1.54) is 0 Å². The number of aldehydes is 1. The van der Waals surface area contributed by atoms with Crippen molar-refractivity contribution in [2.45, 2.75) is 64.6 Å². The first-order valence-electron chi connectivity index (χ1n) is 12.3. The minimum absolute atomic E-state index is 0.0382. The van der Waals surface area contributed by atoms with Gasteiger partial charge in [-0.3, -0.25) is 9.59 Å². The van der Waals surface area contributed by atoms with Crippen molar-refractivity contribution in [2.24, 2.45) is 0 Å². The Morgan fingerprint density at radius 2 is 2.03 bits per heavy atom. The van der Waals surface area contributed by atoms with Crippen molar-refractivity contribution in [3.8, 4) is 0 Å². The van der Waals surface area contributed by atoms with E-state index in [4.69, 9.17) is 21.7 Å². The van der Waals surface area contributed by atoms with Gasteiger partial charge in [0, 0.05) is 43.9 Å². The fraction of sp³-hybridized carbons (Fsp3) is 0.520. The van der Waals surface area contributed by atoms with Crippen LogP contribution in [0.5, 0.6) is 0 Å². The first kappa shape index (κ1) is 28.0. The molecular weight excluding hydrogens is 500 g/mol. The minimum atomic E-state index is -0.244. The number of nitrogens with one attached hydrogen (secondary N) is 3. The number of aliphatic hydroxyl groups excluding tert-OH is 1. The maximum atomic E-state index is 13.0. The zero-order chi connectivity index (χ0) is 26.2. The van der Waals surface area contributed by atoms with E-state index in [9.17, 15) is 9.59 Å². The van der Waals surface area contributed by atoms with Crippen molar-refractivity contribution in [1.82, 2.24) is 25.6 Å². The summed E-state index contributed by atoms with van der Waals surface area (Å²) in [6.45, 7) is 7.76. The maximum absolute atomic E-state index is 13.0. The molecule has 3 aromatic rings. The van der Waals surface area contributed by atoms with Crippen LogP contribution in [0, 0.1) is 0 Å². The summed E-state index contributed by atoms with van der Waals surface area (Å²) in [5.41, 5.74) is 2.27. The van der Waals surface area contributed by atoms with E-state index in [-0.39, 0.29) is 23.8 Å². The van der Waals surface area contributed by atoms with Crippen LogP contribution in [-0.2, 0) is 6.42 Å². The number of hydrogen-bond acceptors (Lipinski definition) is 8. The van der Waals surface area contributed by atoms with Gasteiger partial charge in [0.05, 0.1) is 15.9 Å². The van der Waals surface area contributed by atoms with E-state index in [1.54, 1.807) is 11.3 Å². The van der Waals surface area contributed by atoms with Crippen molar-refractivity contribution in [2.75, 3.05) is 25.1 Å². The van der Waals surface area contributed by atoms with E-state index in [0.717, 1.165) is 60.2 Å². The summed E-state index contributed by atoms with van der Waals surface area (Å²) in [5.74, 6) is 0.00476. The number of H-pyrrole nitrogens is 1. The van der Waals surface area contributed by atoms with Gasteiger partial charge in [0.2, 0.25) is 0 Å². The average molecular weight is 535 g/mol. The lowest BCUT2D eigenvalue weighted by Gasteiger charge is -2.40. The summed E-state index contributed by atoms with van der Waals surface area (Å²) in [6.07, 6.45) is 4.34. The fourth-order valence-electron chi connectivity index (χ4n) is 4.45. The number of aryl methyl sites for hydroxylation is 1. The van der Waals surface area contributed by atoms with Crippen molar-refractivity contribution in [3.05, 3.63) is 40.4 Å². The highest BCUT2D eigenvalue weighted by Gasteiger charge is 2.33. The molecule has 1 aliphatic heterocycles. The van der Waals surface area contributed by atoms with Crippen LogP contribution in [0.25, 0.3) is 10.2 Å². The summed E-state index contributed by atoms with van der Waals surface area (Å²) in [4.78, 5) is 38.7. The predicted molar refractivity (Wildman–Crippen MR) is 146 cm³/mol. The number of imidazole rings is 1. The number of nitrogens with zero attached hydrogens (tertiary/aromatic N) is 3. The number of piperidine rings is 1. The first-order valence-corrected chi connectivity index (χ1v) is 13.5. The highest BCUT2D eigenvalue weighted by atomic mass is 35.5. The maximum Gasteiger partial charge on any atom is 0.287 e. The van der Waals surface area contributed by atoms with Crippen LogP contribution in [0.1, 0.15) is 66.7 Å². The fourth-order valence-corrected chi connectivity index (χ4v) is 5.79. The Balaban J connectivity index is 0.00000176. The summed E-state index contributed by atoms with van der Waals surface area (Å²) in [7, 11) is 1.00. The molecule has 2 atom stereocenters. The number of aliphatic hydroxyl groups is 1. The standard InChI is InChI=1S/C24H31ClN6O2S.CH4O/c1-4-15(5-2)26-19-12-31(24-29-18-9-7-8-14(13-32)20(18)34-24)11-10-17(19)28-23(33)22-27-16(6-3)21(25)30-22;1-2/h7-9,13,15,17,19,26H,4-6,10-12H2,1-3H3,(H,27,30)(H,28,33);2H,1H3/t17-,19+;/m1./s1. The molecule has 36 heavy (non-hydrogen) atoms. The number of hydrogen-bond donors (Lipinski definition) is 4. The predicted octanol–water partition coefficient (Wildman–Crippen LogP) is 3.81. The van der Waals surface area contributed by atoms with Gasteiger partial charge in [-0.25, -0.2) is 9.97 Å². The van der Waals surface area contributed by atoms with Crippen LogP contribution < -0.4 is 15.5 Å². The molecule has 1 aromatic carbocycles. The Labute approximate surface area is 220 Å². The van der Waals surface area contributed by atoms with Crippen LogP contribution in [0.4, 0.5) is 5.13 Å². The Kier molecular flexibility index (Phi) is 10.2. The van der Waals surface area contributed by atoms with Gasteiger partial charge in [0.25, 0.3) is 5.91 Å². The first-order chi connectivity index (χ1) is 17.5. The second kappa shape index (κ2) is 13.1. The molecule has 1 amide bonds. The Morgan fingerprint density at radius 3 is 2.67 bits per heavy atom. The molecule has 0 bridgehead atoms. The number of aromatic nitrogens is 3. The Morgan fingerprint density at radius 1 is 1.28 bits per heavy atom.